The van der Waals surface area contributed by atoms with Gasteiger partial charge in [-0.05, 0) is 31.1 Å². The molecule has 0 saturated heterocycles. The molecule has 2 aliphatic rings. The van der Waals surface area contributed by atoms with E-state index >= 15 is 0 Å². The third kappa shape index (κ3) is 1.90. The first-order chi connectivity index (χ1) is 6.31. The highest BCUT2D eigenvalue weighted by molar-refractivity contribution is 6.30. The van der Waals surface area contributed by atoms with Gasteiger partial charge in [0.05, 0.1) is 19.3 Å². The van der Waals surface area contributed by atoms with Crippen molar-refractivity contribution >= 4 is 11.6 Å². The van der Waals surface area contributed by atoms with Crippen molar-refractivity contribution in [3.8, 4) is 0 Å². The van der Waals surface area contributed by atoms with E-state index in [1.165, 1.54) is 19.3 Å². The first kappa shape index (κ1) is 9.50. The minimum Gasteiger partial charge on any atom is -0.394 e. The van der Waals surface area contributed by atoms with Gasteiger partial charge in [-0.15, -0.1) is 0 Å². The Morgan fingerprint density at radius 1 is 1.54 bits per heavy atom. The second-order valence-corrected chi connectivity index (χ2v) is 4.34. The molecule has 74 valence electrons. The molecule has 2 rings (SSSR count). The van der Waals surface area contributed by atoms with Gasteiger partial charge in [0, 0.05) is 5.03 Å². The number of hydrogen-bond donors (Lipinski definition) is 1. The standard InChI is InChI=1S/C10H15ClO2/c11-9-6-7-1-2-8(5-7)10(9)13-4-3-12/h6-8,10,12H,1-5H2. The molecule has 0 amide bonds. The second-order valence-electron chi connectivity index (χ2n) is 3.90. The second kappa shape index (κ2) is 3.99. The van der Waals surface area contributed by atoms with Crippen molar-refractivity contribution in [3.05, 3.63) is 11.1 Å². The fourth-order valence-corrected chi connectivity index (χ4v) is 2.84. The number of rotatable bonds is 3. The number of hydrogen-bond acceptors (Lipinski definition) is 2. The van der Waals surface area contributed by atoms with E-state index in [1.54, 1.807) is 0 Å². The topological polar surface area (TPSA) is 29.5 Å². The number of halogens is 1. The summed E-state index contributed by atoms with van der Waals surface area (Å²) in [5.74, 6) is 1.28. The number of ether oxygens (including phenoxy) is 1. The van der Waals surface area contributed by atoms with Gasteiger partial charge in [0.2, 0.25) is 0 Å². The molecule has 0 aliphatic heterocycles. The van der Waals surface area contributed by atoms with E-state index in [9.17, 15) is 0 Å². The van der Waals surface area contributed by atoms with Gasteiger partial charge in [0.25, 0.3) is 0 Å². The molecule has 0 aromatic heterocycles. The van der Waals surface area contributed by atoms with E-state index < -0.39 is 0 Å². The molecule has 3 atom stereocenters. The molecule has 3 unspecified atom stereocenters. The lowest BCUT2D eigenvalue weighted by Gasteiger charge is -2.26. The van der Waals surface area contributed by atoms with Crippen LogP contribution in [0.2, 0.25) is 0 Å². The van der Waals surface area contributed by atoms with E-state index in [2.05, 4.69) is 6.08 Å². The number of aliphatic hydroxyl groups is 1. The molecule has 3 heteroatoms. The Labute approximate surface area is 83.5 Å². The van der Waals surface area contributed by atoms with Crippen molar-refractivity contribution < 1.29 is 9.84 Å². The molecule has 1 saturated carbocycles. The van der Waals surface area contributed by atoms with Gasteiger partial charge in [-0.1, -0.05) is 17.7 Å². The van der Waals surface area contributed by atoms with E-state index in [0.29, 0.717) is 18.4 Å². The van der Waals surface area contributed by atoms with Crippen LogP contribution in [-0.4, -0.2) is 24.4 Å². The molecule has 2 nitrogen and oxygen atoms in total. The monoisotopic (exact) mass is 202 g/mol. The first-order valence-corrected chi connectivity index (χ1v) is 5.28. The minimum absolute atomic E-state index is 0.0626. The first-order valence-electron chi connectivity index (χ1n) is 4.91. The Bertz CT molecular complexity index is 215. The van der Waals surface area contributed by atoms with Crippen molar-refractivity contribution in [3.63, 3.8) is 0 Å². The Balaban J connectivity index is 2.00. The minimum atomic E-state index is 0.0626. The van der Waals surface area contributed by atoms with Crippen molar-refractivity contribution in [2.24, 2.45) is 11.8 Å². The number of allylic oxidation sites excluding steroid dienone is 1. The van der Waals surface area contributed by atoms with Gasteiger partial charge in [-0.3, -0.25) is 0 Å². The Kier molecular flexibility index (Phi) is 2.92. The largest absolute Gasteiger partial charge is 0.394 e. The highest BCUT2D eigenvalue weighted by Gasteiger charge is 2.36. The molecule has 1 fully saturated rings. The van der Waals surface area contributed by atoms with Gasteiger partial charge in [0.1, 0.15) is 0 Å². The summed E-state index contributed by atoms with van der Waals surface area (Å²) < 4.78 is 5.52. The molecule has 0 aromatic carbocycles. The van der Waals surface area contributed by atoms with Gasteiger partial charge < -0.3 is 9.84 Å². The molecule has 1 N–H and O–H groups in total. The maximum atomic E-state index is 8.67. The zero-order valence-corrected chi connectivity index (χ0v) is 8.33. The third-order valence-electron chi connectivity index (χ3n) is 3.00. The average Bonchev–Trinajstić information content (AvgIpc) is 2.49. The predicted octanol–water partition coefficient (Wildman–Crippen LogP) is 1.92. The van der Waals surface area contributed by atoms with Crippen LogP contribution in [0, 0.1) is 11.8 Å². The molecular weight excluding hydrogens is 188 g/mol. The summed E-state index contributed by atoms with van der Waals surface area (Å²) in [6.45, 7) is 0.479. The molecular formula is C10H15ClO2. The lowest BCUT2D eigenvalue weighted by atomic mass is 9.93. The predicted molar refractivity (Wildman–Crippen MR) is 51.6 cm³/mol. The fraction of sp³-hybridized carbons (Fsp3) is 0.800. The van der Waals surface area contributed by atoms with Crippen molar-refractivity contribution in [2.75, 3.05) is 13.2 Å². The summed E-state index contributed by atoms with van der Waals surface area (Å²) >= 11 is 6.10. The summed E-state index contributed by atoms with van der Waals surface area (Å²) in [6.07, 6.45) is 5.87. The molecule has 2 bridgehead atoms. The summed E-state index contributed by atoms with van der Waals surface area (Å²) in [7, 11) is 0. The molecule has 0 heterocycles. The Morgan fingerprint density at radius 2 is 2.38 bits per heavy atom. The zero-order valence-electron chi connectivity index (χ0n) is 7.58. The molecule has 0 aromatic rings. The van der Waals surface area contributed by atoms with E-state index in [-0.39, 0.29) is 12.7 Å². The van der Waals surface area contributed by atoms with Crippen LogP contribution in [0.25, 0.3) is 0 Å². The maximum absolute atomic E-state index is 8.67. The smallest absolute Gasteiger partial charge is 0.0956 e. The molecule has 0 radical (unpaired) electrons. The highest BCUT2D eigenvalue weighted by Crippen LogP contribution is 2.43. The van der Waals surface area contributed by atoms with Crippen molar-refractivity contribution in [2.45, 2.75) is 25.4 Å². The Morgan fingerprint density at radius 3 is 3.15 bits per heavy atom. The van der Waals surface area contributed by atoms with Crippen molar-refractivity contribution in [1.82, 2.24) is 0 Å². The fourth-order valence-electron chi connectivity index (χ4n) is 2.42. The molecule has 13 heavy (non-hydrogen) atoms. The average molecular weight is 203 g/mol. The Hall–Kier alpha value is -0.0500. The number of aliphatic hydroxyl groups excluding tert-OH is 1. The third-order valence-corrected chi connectivity index (χ3v) is 3.34. The van der Waals surface area contributed by atoms with Crippen LogP contribution >= 0.6 is 11.6 Å². The lowest BCUT2D eigenvalue weighted by molar-refractivity contribution is 0.0183. The van der Waals surface area contributed by atoms with Gasteiger partial charge in [-0.2, -0.15) is 0 Å². The molecule has 2 aliphatic carbocycles. The van der Waals surface area contributed by atoms with Crippen molar-refractivity contribution in [1.29, 1.82) is 0 Å². The van der Waals surface area contributed by atoms with Crippen LogP contribution in [0.15, 0.2) is 11.1 Å². The molecule has 0 spiro atoms. The van der Waals surface area contributed by atoms with E-state index in [1.807, 2.05) is 0 Å². The van der Waals surface area contributed by atoms with Crippen LogP contribution in [0.5, 0.6) is 0 Å². The lowest BCUT2D eigenvalue weighted by Crippen LogP contribution is -2.26. The van der Waals surface area contributed by atoms with Crippen LogP contribution < -0.4 is 0 Å². The van der Waals surface area contributed by atoms with E-state index in [0.717, 1.165) is 5.03 Å². The maximum Gasteiger partial charge on any atom is 0.0956 e. The highest BCUT2D eigenvalue weighted by atomic mass is 35.5. The zero-order chi connectivity index (χ0) is 9.26. The van der Waals surface area contributed by atoms with Crippen LogP contribution in [0.1, 0.15) is 19.3 Å². The summed E-state index contributed by atoms with van der Waals surface area (Å²) in [6, 6.07) is 0. The normalized spacial score (nSPS) is 37.7. The summed E-state index contributed by atoms with van der Waals surface area (Å²) in [5.41, 5.74) is 0. The van der Waals surface area contributed by atoms with Crippen LogP contribution in [0.4, 0.5) is 0 Å². The van der Waals surface area contributed by atoms with E-state index in [4.69, 9.17) is 21.4 Å². The van der Waals surface area contributed by atoms with Gasteiger partial charge in [-0.25, -0.2) is 0 Å². The van der Waals surface area contributed by atoms with Crippen LogP contribution in [-0.2, 0) is 4.74 Å². The van der Waals surface area contributed by atoms with Gasteiger partial charge in [0.15, 0.2) is 0 Å². The summed E-state index contributed by atoms with van der Waals surface area (Å²) in [4.78, 5) is 0. The van der Waals surface area contributed by atoms with Gasteiger partial charge >= 0.3 is 0 Å². The SMILES string of the molecule is OCCOC1C(Cl)=CC2CCC1C2. The van der Waals surface area contributed by atoms with Crippen LogP contribution in [0.3, 0.4) is 0 Å². The quantitative estimate of drug-likeness (QED) is 0.758. The summed E-state index contributed by atoms with van der Waals surface area (Å²) in [5, 5.41) is 9.52. The number of fused-ring (bicyclic) bond motifs is 2.